The maximum Gasteiger partial charge on any atom is 0.227 e. The van der Waals surface area contributed by atoms with Gasteiger partial charge in [-0.25, -0.2) is 14.4 Å². The number of hydrogen-bond donors (Lipinski definition) is 1. The number of ether oxygens (including phenoxy) is 1. The highest BCUT2D eigenvalue weighted by atomic mass is 35.5. The molecule has 6 heteroatoms. The third-order valence-electron chi connectivity index (χ3n) is 2.80. The van der Waals surface area contributed by atoms with Gasteiger partial charge in [0, 0.05) is 5.69 Å². The summed E-state index contributed by atoms with van der Waals surface area (Å²) in [5, 5.41) is 3.51. The number of rotatable bonds is 4. The van der Waals surface area contributed by atoms with Gasteiger partial charge in [-0.05, 0) is 36.4 Å². The fourth-order valence-corrected chi connectivity index (χ4v) is 1.94. The zero-order chi connectivity index (χ0) is 15.4. The zero-order valence-corrected chi connectivity index (χ0v) is 12.1. The number of benzene rings is 2. The molecule has 1 aromatic heterocycles. The van der Waals surface area contributed by atoms with E-state index in [-0.39, 0.29) is 0 Å². The van der Waals surface area contributed by atoms with Crippen molar-refractivity contribution in [3.8, 4) is 11.5 Å². The number of nitrogens with zero attached hydrogens (tertiary/aromatic N) is 2. The Labute approximate surface area is 131 Å². The van der Waals surface area contributed by atoms with E-state index in [9.17, 15) is 4.39 Å². The van der Waals surface area contributed by atoms with E-state index in [1.807, 2.05) is 12.1 Å². The minimum absolute atomic E-state index is 0.321. The Bertz CT molecular complexity index is 763. The second kappa shape index (κ2) is 6.41. The second-order valence-corrected chi connectivity index (χ2v) is 4.81. The topological polar surface area (TPSA) is 47.0 Å². The molecule has 3 rings (SSSR count). The minimum Gasteiger partial charge on any atom is -0.456 e. The second-order valence-electron chi connectivity index (χ2n) is 4.41. The van der Waals surface area contributed by atoms with Crippen molar-refractivity contribution in [2.45, 2.75) is 0 Å². The van der Waals surface area contributed by atoms with Crippen molar-refractivity contribution >= 4 is 23.2 Å². The van der Waals surface area contributed by atoms with Crippen molar-refractivity contribution in [3.05, 3.63) is 71.8 Å². The van der Waals surface area contributed by atoms with E-state index < -0.39 is 5.82 Å². The molecule has 1 heterocycles. The SMILES string of the molecule is Fc1cnc(Nc2ccc(Oc3ccccc3Cl)cc2)nc1. The van der Waals surface area contributed by atoms with Crippen LogP contribution >= 0.6 is 11.6 Å². The van der Waals surface area contributed by atoms with Gasteiger partial charge in [-0.1, -0.05) is 23.7 Å². The maximum absolute atomic E-state index is 12.7. The smallest absolute Gasteiger partial charge is 0.227 e. The number of para-hydroxylation sites is 1. The molecule has 0 radical (unpaired) electrons. The van der Waals surface area contributed by atoms with Crippen molar-refractivity contribution < 1.29 is 9.13 Å². The average molecular weight is 316 g/mol. The molecule has 0 spiro atoms. The van der Waals surface area contributed by atoms with Gasteiger partial charge in [0.25, 0.3) is 0 Å². The molecule has 0 fully saturated rings. The first-order valence-corrected chi connectivity index (χ1v) is 6.85. The van der Waals surface area contributed by atoms with E-state index in [4.69, 9.17) is 16.3 Å². The highest BCUT2D eigenvalue weighted by Gasteiger charge is 2.03. The molecule has 0 aliphatic heterocycles. The first-order valence-electron chi connectivity index (χ1n) is 6.48. The van der Waals surface area contributed by atoms with Crippen molar-refractivity contribution in [2.75, 3.05) is 5.32 Å². The number of nitrogens with one attached hydrogen (secondary N) is 1. The third kappa shape index (κ3) is 3.51. The van der Waals surface area contributed by atoms with Gasteiger partial charge in [-0.15, -0.1) is 0 Å². The summed E-state index contributed by atoms with van der Waals surface area (Å²) in [4.78, 5) is 7.66. The molecule has 3 aromatic rings. The molecule has 4 nitrogen and oxygen atoms in total. The van der Waals surface area contributed by atoms with Crippen LogP contribution in [0.25, 0.3) is 0 Å². The van der Waals surface area contributed by atoms with Gasteiger partial charge >= 0.3 is 0 Å². The molecule has 2 aromatic carbocycles. The van der Waals surface area contributed by atoms with Crippen LogP contribution in [0.5, 0.6) is 11.5 Å². The van der Waals surface area contributed by atoms with Gasteiger partial charge in [0.05, 0.1) is 17.4 Å². The standard InChI is InChI=1S/C16H11ClFN3O/c17-14-3-1-2-4-15(14)22-13-7-5-12(6-8-13)21-16-19-9-11(18)10-20-16/h1-10H,(H,19,20,21). The van der Waals surface area contributed by atoms with Crippen LogP contribution in [0.1, 0.15) is 0 Å². The minimum atomic E-state index is -0.478. The molecule has 0 bridgehead atoms. The highest BCUT2D eigenvalue weighted by Crippen LogP contribution is 2.29. The van der Waals surface area contributed by atoms with Crippen LogP contribution in [-0.4, -0.2) is 9.97 Å². The zero-order valence-electron chi connectivity index (χ0n) is 11.3. The summed E-state index contributed by atoms with van der Waals surface area (Å²) in [6.07, 6.45) is 2.20. The first kappa shape index (κ1) is 14.3. The van der Waals surface area contributed by atoms with Crippen LogP contribution < -0.4 is 10.1 Å². The Morgan fingerprint density at radius 1 is 0.955 bits per heavy atom. The molecule has 0 unspecified atom stereocenters. The largest absolute Gasteiger partial charge is 0.456 e. The maximum atomic E-state index is 12.7. The van der Waals surface area contributed by atoms with E-state index >= 15 is 0 Å². The van der Waals surface area contributed by atoms with Gasteiger partial charge in [0.15, 0.2) is 5.82 Å². The van der Waals surface area contributed by atoms with Crippen molar-refractivity contribution in [1.29, 1.82) is 0 Å². The molecular formula is C16H11ClFN3O. The van der Waals surface area contributed by atoms with Gasteiger partial charge in [-0.2, -0.15) is 0 Å². The van der Waals surface area contributed by atoms with E-state index in [2.05, 4.69) is 15.3 Å². The molecule has 0 aliphatic rings. The summed E-state index contributed by atoms with van der Waals surface area (Å²) in [7, 11) is 0. The molecule has 0 saturated heterocycles. The fraction of sp³-hybridized carbons (Fsp3) is 0. The molecule has 22 heavy (non-hydrogen) atoms. The van der Waals surface area contributed by atoms with E-state index in [1.54, 1.807) is 36.4 Å². The monoisotopic (exact) mass is 315 g/mol. The molecule has 0 aliphatic carbocycles. The van der Waals surface area contributed by atoms with Crippen LogP contribution in [-0.2, 0) is 0 Å². The number of aromatic nitrogens is 2. The highest BCUT2D eigenvalue weighted by molar-refractivity contribution is 6.32. The lowest BCUT2D eigenvalue weighted by Gasteiger charge is -2.08. The van der Waals surface area contributed by atoms with E-state index in [0.29, 0.717) is 22.5 Å². The normalized spacial score (nSPS) is 10.3. The fourth-order valence-electron chi connectivity index (χ4n) is 1.77. The van der Waals surface area contributed by atoms with Crippen LogP contribution in [0.4, 0.5) is 16.0 Å². The summed E-state index contributed by atoms with van der Waals surface area (Å²) in [6, 6.07) is 14.4. The van der Waals surface area contributed by atoms with Crippen molar-refractivity contribution in [3.63, 3.8) is 0 Å². The molecule has 0 atom stereocenters. The lowest BCUT2D eigenvalue weighted by atomic mass is 10.3. The van der Waals surface area contributed by atoms with Gasteiger partial charge in [0.1, 0.15) is 11.5 Å². The first-order chi connectivity index (χ1) is 10.7. The van der Waals surface area contributed by atoms with Crippen LogP contribution in [0.2, 0.25) is 5.02 Å². The van der Waals surface area contributed by atoms with Crippen molar-refractivity contribution in [1.82, 2.24) is 9.97 Å². The van der Waals surface area contributed by atoms with Gasteiger partial charge in [-0.3, -0.25) is 0 Å². The summed E-state index contributed by atoms with van der Waals surface area (Å²) in [5.74, 6) is 1.08. The molecule has 110 valence electrons. The molecule has 1 N–H and O–H groups in total. The summed E-state index contributed by atoms with van der Waals surface area (Å²) < 4.78 is 18.4. The number of halogens is 2. The summed E-state index contributed by atoms with van der Waals surface area (Å²) in [6.45, 7) is 0. The van der Waals surface area contributed by atoms with Gasteiger partial charge in [0.2, 0.25) is 5.95 Å². The quantitative estimate of drug-likeness (QED) is 0.751. The third-order valence-corrected chi connectivity index (χ3v) is 3.11. The summed E-state index contributed by atoms with van der Waals surface area (Å²) in [5.41, 5.74) is 0.762. The Hall–Kier alpha value is -2.66. The van der Waals surface area contributed by atoms with Gasteiger partial charge < -0.3 is 10.1 Å². The lowest BCUT2D eigenvalue weighted by Crippen LogP contribution is -1.96. The lowest BCUT2D eigenvalue weighted by molar-refractivity contribution is 0.483. The van der Waals surface area contributed by atoms with E-state index in [0.717, 1.165) is 18.1 Å². The molecule has 0 amide bonds. The van der Waals surface area contributed by atoms with Crippen LogP contribution in [0, 0.1) is 5.82 Å². The van der Waals surface area contributed by atoms with E-state index in [1.165, 1.54) is 0 Å². The van der Waals surface area contributed by atoms with Crippen molar-refractivity contribution in [2.24, 2.45) is 0 Å². The predicted molar refractivity (Wildman–Crippen MR) is 83.2 cm³/mol. The average Bonchev–Trinajstić information content (AvgIpc) is 2.54. The Kier molecular flexibility index (Phi) is 4.16. The molecular weight excluding hydrogens is 305 g/mol. The number of hydrogen-bond acceptors (Lipinski definition) is 4. The Balaban J connectivity index is 1.70. The van der Waals surface area contributed by atoms with Crippen LogP contribution in [0.15, 0.2) is 60.9 Å². The van der Waals surface area contributed by atoms with Crippen LogP contribution in [0.3, 0.4) is 0 Å². The predicted octanol–water partition coefficient (Wildman–Crippen LogP) is 4.81. The number of anilines is 2. The Morgan fingerprint density at radius 3 is 2.32 bits per heavy atom. The Morgan fingerprint density at radius 2 is 1.64 bits per heavy atom. The molecule has 0 saturated carbocycles. The summed E-state index contributed by atoms with van der Waals surface area (Å²) >= 11 is 6.04.